The van der Waals surface area contributed by atoms with Crippen molar-refractivity contribution in [2.75, 3.05) is 7.11 Å². The molecule has 1 atom stereocenters. The van der Waals surface area contributed by atoms with Gasteiger partial charge in [0.05, 0.1) is 6.42 Å². The zero-order chi connectivity index (χ0) is 11.7. The van der Waals surface area contributed by atoms with Gasteiger partial charge in [-0.2, -0.15) is 21.6 Å². The Kier molecular flexibility index (Phi) is 3.14. The highest BCUT2D eigenvalue weighted by Gasteiger charge is 2.49. The molecule has 1 heterocycles. The molecule has 1 aliphatic rings. The van der Waals surface area contributed by atoms with Crippen molar-refractivity contribution in [1.82, 2.24) is 5.32 Å². The summed E-state index contributed by atoms with van der Waals surface area (Å²) in [6.07, 6.45) is 0.381. The van der Waals surface area contributed by atoms with Crippen LogP contribution >= 0.6 is 0 Å². The summed E-state index contributed by atoms with van der Waals surface area (Å²) in [6, 6.07) is 0. The van der Waals surface area contributed by atoms with Gasteiger partial charge in [0.2, 0.25) is 0 Å². The molecule has 0 bridgehead atoms. The summed E-state index contributed by atoms with van der Waals surface area (Å²) in [5.41, 5.74) is -5.42. The zero-order valence-corrected chi connectivity index (χ0v) is 8.35. The van der Waals surface area contributed by atoms with Gasteiger partial charge in [0.15, 0.2) is 0 Å². The molecule has 1 unspecified atom stereocenters. The van der Waals surface area contributed by atoms with Gasteiger partial charge in [0.1, 0.15) is 12.0 Å². The van der Waals surface area contributed by atoms with Crippen LogP contribution in [0.15, 0.2) is 12.0 Å². The topological polar surface area (TPSA) is 64.6 Å². The number of hydrogen-bond donors (Lipinski definition) is 1. The van der Waals surface area contributed by atoms with E-state index in [-0.39, 0.29) is 12.2 Å². The lowest BCUT2D eigenvalue weighted by Crippen LogP contribution is -2.25. The molecule has 0 aromatic rings. The molecule has 0 aliphatic carbocycles. The van der Waals surface area contributed by atoms with Crippen LogP contribution in [-0.4, -0.2) is 27.3 Å². The molecule has 0 aromatic heterocycles. The Morgan fingerprint density at radius 1 is 1.53 bits per heavy atom. The molecule has 5 nitrogen and oxygen atoms in total. The first-order chi connectivity index (χ1) is 6.76. The second-order valence-electron chi connectivity index (χ2n) is 2.69. The van der Waals surface area contributed by atoms with Gasteiger partial charge in [-0.15, -0.1) is 0 Å². The quantitative estimate of drug-likeness (QED) is 0.586. The Morgan fingerprint density at radius 2 is 2.13 bits per heavy atom. The Morgan fingerprint density at radius 3 is 2.53 bits per heavy atom. The van der Waals surface area contributed by atoms with Gasteiger partial charge in [-0.25, -0.2) is 0 Å². The van der Waals surface area contributed by atoms with Crippen LogP contribution in [-0.2, 0) is 19.0 Å². The third-order valence-corrected chi connectivity index (χ3v) is 2.60. The fourth-order valence-corrected chi connectivity index (χ4v) is 1.38. The summed E-state index contributed by atoms with van der Waals surface area (Å²) in [5.74, 6) is -0.334. The van der Waals surface area contributed by atoms with E-state index in [1.165, 1.54) is 7.11 Å². The summed E-state index contributed by atoms with van der Waals surface area (Å²) < 4.78 is 65.3. The molecule has 1 N–H and O–H groups in total. The average molecular weight is 247 g/mol. The first-order valence-electron chi connectivity index (χ1n) is 3.75. The van der Waals surface area contributed by atoms with Crippen LogP contribution in [0.4, 0.5) is 13.2 Å². The van der Waals surface area contributed by atoms with Crippen molar-refractivity contribution in [3.05, 3.63) is 12.0 Å². The molecule has 0 spiro atoms. The molecule has 1 aliphatic heterocycles. The number of hydrogen-bond acceptors (Lipinski definition) is 5. The van der Waals surface area contributed by atoms with Crippen molar-refractivity contribution < 1.29 is 30.5 Å². The Labute approximate surface area is 84.0 Å². The van der Waals surface area contributed by atoms with E-state index in [0.29, 0.717) is 0 Å². The van der Waals surface area contributed by atoms with E-state index in [2.05, 4.69) is 9.50 Å². The lowest BCUT2D eigenvalue weighted by molar-refractivity contribution is -0.0525. The molecular weight excluding hydrogens is 239 g/mol. The summed E-state index contributed by atoms with van der Waals surface area (Å²) >= 11 is 0. The number of nitrogens with one attached hydrogen (secondary N) is 1. The number of halogens is 3. The second kappa shape index (κ2) is 3.89. The van der Waals surface area contributed by atoms with E-state index in [1.54, 1.807) is 0 Å². The summed E-state index contributed by atoms with van der Waals surface area (Å²) in [6.45, 7) is 0. The molecule has 0 radical (unpaired) electrons. The molecule has 0 amide bonds. The van der Waals surface area contributed by atoms with Gasteiger partial charge >= 0.3 is 15.6 Å². The largest absolute Gasteiger partial charge is 0.534 e. The van der Waals surface area contributed by atoms with E-state index in [4.69, 9.17) is 4.74 Å². The van der Waals surface area contributed by atoms with Gasteiger partial charge < -0.3 is 14.2 Å². The van der Waals surface area contributed by atoms with Gasteiger partial charge in [-0.05, 0) is 0 Å². The van der Waals surface area contributed by atoms with E-state index < -0.39 is 21.9 Å². The predicted octanol–water partition coefficient (Wildman–Crippen LogP) is 0.660. The number of rotatable bonds is 3. The smallest absolute Gasteiger partial charge is 0.379 e. The summed E-state index contributed by atoms with van der Waals surface area (Å²) in [7, 11) is -4.25. The molecule has 88 valence electrons. The maximum atomic E-state index is 11.9. The van der Waals surface area contributed by atoms with Crippen molar-refractivity contribution in [3.63, 3.8) is 0 Å². The lowest BCUT2D eigenvalue weighted by atomic mass is 10.4. The number of methoxy groups -OCH3 is 1. The maximum absolute atomic E-state index is 11.9. The van der Waals surface area contributed by atoms with Gasteiger partial charge in [-0.1, -0.05) is 0 Å². The fourth-order valence-electron chi connectivity index (χ4n) is 0.884. The van der Waals surface area contributed by atoms with E-state index in [0.717, 1.165) is 6.20 Å². The lowest BCUT2D eigenvalue weighted by Gasteiger charge is -2.10. The zero-order valence-electron chi connectivity index (χ0n) is 7.54. The van der Waals surface area contributed by atoms with Crippen LogP contribution in [0.5, 0.6) is 0 Å². The van der Waals surface area contributed by atoms with Gasteiger partial charge in [0, 0.05) is 13.3 Å². The van der Waals surface area contributed by atoms with Crippen LogP contribution in [0, 0.1) is 0 Å². The third kappa shape index (κ3) is 2.75. The highest BCUT2D eigenvalue weighted by molar-refractivity contribution is 7.87. The predicted molar refractivity (Wildman–Crippen MR) is 42.7 cm³/mol. The van der Waals surface area contributed by atoms with Gasteiger partial charge in [0.25, 0.3) is 0 Å². The van der Waals surface area contributed by atoms with E-state index >= 15 is 0 Å². The van der Waals surface area contributed by atoms with Crippen molar-refractivity contribution in [1.29, 1.82) is 0 Å². The fraction of sp³-hybridized carbons (Fsp3) is 0.667. The molecule has 1 rings (SSSR count). The van der Waals surface area contributed by atoms with Crippen molar-refractivity contribution >= 4 is 10.1 Å². The molecule has 0 saturated heterocycles. The summed E-state index contributed by atoms with van der Waals surface area (Å²) in [4.78, 5) is 0. The molecule has 0 saturated carbocycles. The Bertz CT molecular complexity index is 361. The Hall–Kier alpha value is -0.960. The van der Waals surface area contributed by atoms with Crippen molar-refractivity contribution in [3.8, 4) is 0 Å². The SMILES string of the molecule is COC1CC(OS(=O)(=O)C(F)(F)F)=CN1. The molecule has 9 heteroatoms. The standard InChI is InChI=1S/C6H8F3NO4S/c1-13-5-2-4(3-10-5)14-15(11,12)6(7,8)9/h3,5,10H,2H2,1H3. The van der Waals surface area contributed by atoms with Crippen LogP contribution in [0.2, 0.25) is 0 Å². The van der Waals surface area contributed by atoms with Crippen LogP contribution < -0.4 is 5.32 Å². The van der Waals surface area contributed by atoms with E-state index in [1.807, 2.05) is 0 Å². The minimum Gasteiger partial charge on any atom is -0.379 e. The van der Waals surface area contributed by atoms with Gasteiger partial charge in [-0.3, -0.25) is 0 Å². The van der Waals surface area contributed by atoms with Crippen LogP contribution in [0.3, 0.4) is 0 Å². The minimum absolute atomic E-state index is 0.0776. The number of alkyl halides is 3. The first kappa shape index (κ1) is 12.1. The van der Waals surface area contributed by atoms with Crippen LogP contribution in [0.1, 0.15) is 6.42 Å². The third-order valence-electron chi connectivity index (χ3n) is 1.60. The highest BCUT2D eigenvalue weighted by atomic mass is 32.2. The normalized spacial score (nSPS) is 22.1. The number of ether oxygens (including phenoxy) is 1. The van der Waals surface area contributed by atoms with Crippen molar-refractivity contribution in [2.45, 2.75) is 18.2 Å². The van der Waals surface area contributed by atoms with E-state index in [9.17, 15) is 21.6 Å². The molecule has 0 fully saturated rings. The molecular formula is C6H8F3NO4S. The Balaban J connectivity index is 2.65. The van der Waals surface area contributed by atoms with Crippen LogP contribution in [0.25, 0.3) is 0 Å². The van der Waals surface area contributed by atoms with Crippen molar-refractivity contribution in [2.24, 2.45) is 0 Å². The first-order valence-corrected chi connectivity index (χ1v) is 5.16. The monoisotopic (exact) mass is 247 g/mol. The second-order valence-corrected chi connectivity index (χ2v) is 4.23. The summed E-state index contributed by atoms with van der Waals surface area (Å²) in [5, 5.41) is 2.49. The average Bonchev–Trinajstić information content (AvgIpc) is 2.49. The molecule has 15 heavy (non-hydrogen) atoms. The minimum atomic E-state index is -5.58. The highest BCUT2D eigenvalue weighted by Crippen LogP contribution is 2.28. The molecule has 0 aromatic carbocycles. The maximum Gasteiger partial charge on any atom is 0.534 e.